The molecule has 0 amide bonds. The van der Waals surface area contributed by atoms with Crippen LogP contribution >= 0.6 is 0 Å². The van der Waals surface area contributed by atoms with E-state index < -0.39 is 5.97 Å². The molecule has 1 fully saturated rings. The summed E-state index contributed by atoms with van der Waals surface area (Å²) in [5.74, 6) is -0.846. The Balaban J connectivity index is 2.51. The lowest BCUT2D eigenvalue weighted by Gasteiger charge is -2.22. The maximum absolute atomic E-state index is 10.3. The molecule has 68 valence electrons. The summed E-state index contributed by atoms with van der Waals surface area (Å²) in [5.41, 5.74) is 1.00. The minimum Gasteiger partial charge on any atom is -0.478 e. The van der Waals surface area contributed by atoms with Crippen molar-refractivity contribution in [3.05, 3.63) is 11.6 Å². The Kier molecular flexibility index (Phi) is 3.29. The highest BCUT2D eigenvalue weighted by Gasteiger charge is 2.16. The van der Waals surface area contributed by atoms with Crippen molar-refractivity contribution in [2.75, 3.05) is 7.11 Å². The first kappa shape index (κ1) is 9.26. The van der Waals surface area contributed by atoms with Gasteiger partial charge in [-0.1, -0.05) is 5.57 Å². The molecular weight excluding hydrogens is 156 g/mol. The minimum absolute atomic E-state index is 0.226. The molecule has 1 aliphatic carbocycles. The number of rotatable bonds is 2. The van der Waals surface area contributed by atoms with Gasteiger partial charge in [0.15, 0.2) is 0 Å². The fraction of sp³-hybridized carbons (Fsp3) is 0.667. The van der Waals surface area contributed by atoms with Gasteiger partial charge in [0.05, 0.1) is 6.10 Å². The number of carbonyl (C=O) groups is 1. The minimum atomic E-state index is -0.846. The summed E-state index contributed by atoms with van der Waals surface area (Å²) in [6, 6.07) is 0. The van der Waals surface area contributed by atoms with Crippen LogP contribution in [0.1, 0.15) is 25.7 Å². The Hall–Kier alpha value is -0.830. The Morgan fingerprint density at radius 2 is 2.50 bits per heavy atom. The quantitative estimate of drug-likeness (QED) is 0.640. The summed E-state index contributed by atoms with van der Waals surface area (Å²) in [5, 5.41) is 8.51. The van der Waals surface area contributed by atoms with E-state index in [2.05, 4.69) is 0 Å². The van der Waals surface area contributed by atoms with Gasteiger partial charge < -0.3 is 9.84 Å². The molecule has 0 saturated heterocycles. The number of ether oxygens (including phenoxy) is 1. The number of carboxylic acid groups (broad SMARTS) is 1. The molecule has 0 radical (unpaired) electrons. The zero-order valence-electron chi connectivity index (χ0n) is 7.25. The molecule has 0 aromatic heterocycles. The van der Waals surface area contributed by atoms with Crippen LogP contribution in [-0.2, 0) is 9.53 Å². The fourth-order valence-corrected chi connectivity index (χ4v) is 1.56. The first-order valence-electron chi connectivity index (χ1n) is 4.17. The Morgan fingerprint density at radius 3 is 3.08 bits per heavy atom. The highest BCUT2D eigenvalue weighted by molar-refractivity contribution is 5.80. The predicted molar refractivity (Wildman–Crippen MR) is 45.0 cm³/mol. The third-order valence-electron chi connectivity index (χ3n) is 2.17. The SMILES string of the molecule is COC1CCCC(=CC(=O)O)C1. The van der Waals surface area contributed by atoms with E-state index in [-0.39, 0.29) is 6.10 Å². The molecule has 1 unspecified atom stereocenters. The smallest absolute Gasteiger partial charge is 0.328 e. The van der Waals surface area contributed by atoms with Gasteiger partial charge in [-0.05, 0) is 25.7 Å². The Bertz CT molecular complexity index is 196. The summed E-state index contributed by atoms with van der Waals surface area (Å²) < 4.78 is 5.17. The summed E-state index contributed by atoms with van der Waals surface area (Å²) in [6.45, 7) is 0. The summed E-state index contributed by atoms with van der Waals surface area (Å²) in [4.78, 5) is 10.3. The molecule has 3 nitrogen and oxygen atoms in total. The lowest BCUT2D eigenvalue weighted by Crippen LogP contribution is -2.16. The van der Waals surface area contributed by atoms with Crippen molar-refractivity contribution in [1.29, 1.82) is 0 Å². The van der Waals surface area contributed by atoms with Crippen LogP contribution in [0.15, 0.2) is 11.6 Å². The maximum atomic E-state index is 10.3. The second-order valence-electron chi connectivity index (χ2n) is 3.09. The van der Waals surface area contributed by atoms with Crippen LogP contribution in [0.25, 0.3) is 0 Å². The lowest BCUT2D eigenvalue weighted by atomic mass is 9.92. The van der Waals surface area contributed by atoms with Gasteiger partial charge in [-0.2, -0.15) is 0 Å². The van der Waals surface area contributed by atoms with Crippen molar-refractivity contribution in [3.8, 4) is 0 Å². The van der Waals surface area contributed by atoms with E-state index in [0.29, 0.717) is 0 Å². The standard InChI is InChI=1S/C9H14O3/c1-12-8-4-2-3-7(5-8)6-9(10)11/h6,8H,2-5H2,1H3,(H,10,11). The second kappa shape index (κ2) is 4.26. The van der Waals surface area contributed by atoms with Gasteiger partial charge in [0.25, 0.3) is 0 Å². The normalized spacial score (nSPS) is 27.4. The monoisotopic (exact) mass is 170 g/mol. The second-order valence-corrected chi connectivity index (χ2v) is 3.09. The first-order chi connectivity index (χ1) is 5.72. The summed E-state index contributed by atoms with van der Waals surface area (Å²) >= 11 is 0. The van der Waals surface area contributed by atoms with E-state index in [1.807, 2.05) is 0 Å². The van der Waals surface area contributed by atoms with Crippen LogP contribution in [-0.4, -0.2) is 24.3 Å². The van der Waals surface area contributed by atoms with Gasteiger partial charge in [0.2, 0.25) is 0 Å². The van der Waals surface area contributed by atoms with Crippen molar-refractivity contribution < 1.29 is 14.6 Å². The van der Waals surface area contributed by atoms with Crippen molar-refractivity contribution in [3.63, 3.8) is 0 Å². The van der Waals surface area contributed by atoms with E-state index in [1.165, 1.54) is 6.08 Å². The van der Waals surface area contributed by atoms with Crippen LogP contribution in [0.5, 0.6) is 0 Å². The highest BCUT2D eigenvalue weighted by Crippen LogP contribution is 2.24. The third-order valence-corrected chi connectivity index (χ3v) is 2.17. The number of methoxy groups -OCH3 is 1. The molecular formula is C9H14O3. The van der Waals surface area contributed by atoms with Gasteiger partial charge >= 0.3 is 5.97 Å². The van der Waals surface area contributed by atoms with Crippen LogP contribution in [0, 0.1) is 0 Å². The van der Waals surface area contributed by atoms with Crippen LogP contribution in [0.2, 0.25) is 0 Å². The van der Waals surface area contributed by atoms with E-state index >= 15 is 0 Å². The zero-order chi connectivity index (χ0) is 8.97. The van der Waals surface area contributed by atoms with Crippen LogP contribution < -0.4 is 0 Å². The average Bonchev–Trinajstić information content (AvgIpc) is 2.03. The predicted octanol–water partition coefficient (Wildman–Crippen LogP) is 1.59. The molecule has 1 saturated carbocycles. The molecule has 1 rings (SSSR count). The van der Waals surface area contributed by atoms with Gasteiger partial charge in [-0.3, -0.25) is 0 Å². The topological polar surface area (TPSA) is 46.5 Å². The van der Waals surface area contributed by atoms with Crippen LogP contribution in [0.3, 0.4) is 0 Å². The number of carboxylic acids is 1. The van der Waals surface area contributed by atoms with Gasteiger partial charge in [0, 0.05) is 13.2 Å². The van der Waals surface area contributed by atoms with E-state index in [9.17, 15) is 4.79 Å². The van der Waals surface area contributed by atoms with Gasteiger partial charge in [-0.25, -0.2) is 4.79 Å². The Morgan fingerprint density at radius 1 is 1.75 bits per heavy atom. The van der Waals surface area contributed by atoms with Crippen molar-refractivity contribution in [2.45, 2.75) is 31.8 Å². The van der Waals surface area contributed by atoms with E-state index in [0.717, 1.165) is 31.3 Å². The molecule has 1 N–H and O–H groups in total. The average molecular weight is 170 g/mol. The molecule has 0 aliphatic heterocycles. The number of hydrogen-bond acceptors (Lipinski definition) is 2. The third kappa shape index (κ3) is 2.66. The largest absolute Gasteiger partial charge is 0.478 e. The molecule has 0 bridgehead atoms. The van der Waals surface area contributed by atoms with Crippen molar-refractivity contribution in [2.24, 2.45) is 0 Å². The molecule has 0 heterocycles. The highest BCUT2D eigenvalue weighted by atomic mass is 16.5. The summed E-state index contributed by atoms with van der Waals surface area (Å²) in [7, 11) is 1.67. The molecule has 0 spiro atoms. The lowest BCUT2D eigenvalue weighted by molar-refractivity contribution is -0.131. The van der Waals surface area contributed by atoms with Gasteiger partial charge in [0.1, 0.15) is 0 Å². The van der Waals surface area contributed by atoms with Gasteiger partial charge in [-0.15, -0.1) is 0 Å². The number of hydrogen-bond donors (Lipinski definition) is 1. The molecule has 0 aromatic rings. The first-order valence-corrected chi connectivity index (χ1v) is 4.17. The van der Waals surface area contributed by atoms with Crippen molar-refractivity contribution in [1.82, 2.24) is 0 Å². The molecule has 0 aromatic carbocycles. The Labute approximate surface area is 72.0 Å². The van der Waals surface area contributed by atoms with Crippen molar-refractivity contribution >= 4 is 5.97 Å². The number of aliphatic carboxylic acids is 1. The van der Waals surface area contributed by atoms with E-state index in [4.69, 9.17) is 9.84 Å². The molecule has 12 heavy (non-hydrogen) atoms. The fourth-order valence-electron chi connectivity index (χ4n) is 1.56. The zero-order valence-corrected chi connectivity index (χ0v) is 7.25. The molecule has 1 aliphatic rings. The molecule has 1 atom stereocenters. The summed E-state index contributed by atoms with van der Waals surface area (Å²) in [6.07, 6.45) is 5.31. The maximum Gasteiger partial charge on any atom is 0.328 e. The van der Waals surface area contributed by atoms with Crippen LogP contribution in [0.4, 0.5) is 0 Å². The molecule has 3 heteroatoms. The van der Waals surface area contributed by atoms with E-state index in [1.54, 1.807) is 7.11 Å².